The predicted octanol–water partition coefficient (Wildman–Crippen LogP) is 3.10. The molecule has 0 aliphatic heterocycles. The molecule has 25 heavy (non-hydrogen) atoms. The molecule has 0 radical (unpaired) electrons. The van der Waals surface area contributed by atoms with Crippen LogP contribution in [0.15, 0.2) is 65.8 Å². The second kappa shape index (κ2) is 5.81. The Bertz CT molecular complexity index is 1010. The fraction of sp³-hybridized carbons (Fsp3) is 0.263. The summed E-state index contributed by atoms with van der Waals surface area (Å²) in [6, 6.07) is 16.7. The standard InChI is InChI=1S/C19H19N3O2S/c1-15-6-5-7-16(12-15)13-22-18(20-14-21-22)19(10-11-19)25(23,24)17-8-3-2-4-9-17/h2-9,12,14H,10-11,13H2,1H3. The molecule has 4 rings (SSSR count). The van der Waals surface area contributed by atoms with Gasteiger partial charge in [0.25, 0.3) is 0 Å². The minimum absolute atomic E-state index is 0.345. The molecule has 1 aromatic heterocycles. The highest BCUT2D eigenvalue weighted by atomic mass is 32.2. The molecule has 0 bridgehead atoms. The van der Waals surface area contributed by atoms with Gasteiger partial charge in [-0.2, -0.15) is 5.10 Å². The first-order valence-electron chi connectivity index (χ1n) is 8.26. The molecule has 1 heterocycles. The average molecular weight is 353 g/mol. The number of aromatic nitrogens is 3. The summed E-state index contributed by atoms with van der Waals surface area (Å²) >= 11 is 0. The van der Waals surface area contributed by atoms with Gasteiger partial charge in [0.15, 0.2) is 9.84 Å². The van der Waals surface area contributed by atoms with Crippen molar-refractivity contribution >= 4 is 9.84 Å². The highest BCUT2D eigenvalue weighted by Crippen LogP contribution is 2.54. The molecule has 2 aromatic carbocycles. The molecule has 5 nitrogen and oxygen atoms in total. The van der Waals surface area contributed by atoms with Gasteiger partial charge in [-0.05, 0) is 37.5 Å². The van der Waals surface area contributed by atoms with Crippen LogP contribution in [0.1, 0.15) is 29.8 Å². The lowest BCUT2D eigenvalue weighted by atomic mass is 10.1. The van der Waals surface area contributed by atoms with Crippen LogP contribution in [0.4, 0.5) is 0 Å². The molecular formula is C19H19N3O2S. The van der Waals surface area contributed by atoms with Gasteiger partial charge in [-0.1, -0.05) is 48.0 Å². The lowest BCUT2D eigenvalue weighted by molar-refractivity contribution is 0.559. The molecule has 0 spiro atoms. The van der Waals surface area contributed by atoms with Gasteiger partial charge in [-0.15, -0.1) is 0 Å². The van der Waals surface area contributed by atoms with Gasteiger partial charge in [0.2, 0.25) is 0 Å². The number of aryl methyl sites for hydroxylation is 1. The van der Waals surface area contributed by atoms with E-state index in [9.17, 15) is 8.42 Å². The molecule has 0 unspecified atom stereocenters. The summed E-state index contributed by atoms with van der Waals surface area (Å²) in [5.74, 6) is 0.540. The molecule has 3 aromatic rings. The molecule has 0 atom stereocenters. The Hall–Kier alpha value is -2.47. The second-order valence-electron chi connectivity index (χ2n) is 6.54. The van der Waals surface area contributed by atoms with Gasteiger partial charge in [-0.25, -0.2) is 18.1 Å². The van der Waals surface area contributed by atoms with Crippen LogP contribution in [0.25, 0.3) is 0 Å². The van der Waals surface area contributed by atoms with E-state index >= 15 is 0 Å². The molecular weight excluding hydrogens is 334 g/mol. The zero-order valence-corrected chi connectivity index (χ0v) is 14.8. The molecule has 1 aliphatic rings. The fourth-order valence-corrected chi connectivity index (χ4v) is 5.27. The summed E-state index contributed by atoms with van der Waals surface area (Å²) < 4.78 is 27.2. The molecule has 128 valence electrons. The molecule has 1 aliphatic carbocycles. The van der Waals surface area contributed by atoms with E-state index in [1.807, 2.05) is 31.2 Å². The van der Waals surface area contributed by atoms with Crippen molar-refractivity contribution in [3.05, 3.63) is 77.9 Å². The van der Waals surface area contributed by atoms with Gasteiger partial charge in [-0.3, -0.25) is 0 Å². The summed E-state index contributed by atoms with van der Waals surface area (Å²) in [6.07, 6.45) is 2.61. The number of benzene rings is 2. The van der Waals surface area contributed by atoms with Gasteiger partial charge >= 0.3 is 0 Å². The van der Waals surface area contributed by atoms with E-state index < -0.39 is 14.6 Å². The van der Waals surface area contributed by atoms with E-state index in [0.717, 1.165) is 11.1 Å². The van der Waals surface area contributed by atoms with Crippen molar-refractivity contribution in [1.82, 2.24) is 14.8 Å². The zero-order chi connectivity index (χ0) is 17.5. The van der Waals surface area contributed by atoms with Crippen LogP contribution in [-0.4, -0.2) is 23.2 Å². The predicted molar refractivity (Wildman–Crippen MR) is 94.8 cm³/mol. The van der Waals surface area contributed by atoms with Crippen molar-refractivity contribution in [2.45, 2.75) is 36.0 Å². The maximum atomic E-state index is 13.2. The van der Waals surface area contributed by atoms with Crippen molar-refractivity contribution < 1.29 is 8.42 Å². The maximum Gasteiger partial charge on any atom is 0.191 e. The monoisotopic (exact) mass is 353 g/mol. The maximum absolute atomic E-state index is 13.2. The Morgan fingerprint density at radius 3 is 2.52 bits per heavy atom. The van der Waals surface area contributed by atoms with E-state index in [1.165, 1.54) is 6.33 Å². The summed E-state index contributed by atoms with van der Waals surface area (Å²) in [6.45, 7) is 2.55. The van der Waals surface area contributed by atoms with Crippen molar-refractivity contribution in [2.24, 2.45) is 0 Å². The van der Waals surface area contributed by atoms with Crippen LogP contribution < -0.4 is 0 Å². The Kier molecular flexibility index (Phi) is 3.72. The van der Waals surface area contributed by atoms with Gasteiger partial charge in [0.05, 0.1) is 11.4 Å². The van der Waals surface area contributed by atoms with Crippen LogP contribution >= 0.6 is 0 Å². The van der Waals surface area contributed by atoms with E-state index in [0.29, 0.717) is 30.1 Å². The molecule has 1 fully saturated rings. The first kappa shape index (κ1) is 16.0. The van der Waals surface area contributed by atoms with E-state index in [1.54, 1.807) is 28.9 Å². The normalized spacial score (nSPS) is 15.9. The first-order valence-corrected chi connectivity index (χ1v) is 9.75. The van der Waals surface area contributed by atoms with Crippen LogP contribution in [0.2, 0.25) is 0 Å². The lowest BCUT2D eigenvalue weighted by Gasteiger charge is -2.17. The highest BCUT2D eigenvalue weighted by molar-refractivity contribution is 7.92. The lowest BCUT2D eigenvalue weighted by Crippen LogP contribution is -2.26. The largest absolute Gasteiger partial charge is 0.244 e. The van der Waals surface area contributed by atoms with Crippen molar-refractivity contribution in [3.8, 4) is 0 Å². The quantitative estimate of drug-likeness (QED) is 0.707. The number of hydrogen-bond acceptors (Lipinski definition) is 4. The van der Waals surface area contributed by atoms with Crippen LogP contribution in [0.3, 0.4) is 0 Å². The van der Waals surface area contributed by atoms with E-state index in [-0.39, 0.29) is 0 Å². The minimum atomic E-state index is -3.50. The van der Waals surface area contributed by atoms with Crippen molar-refractivity contribution in [1.29, 1.82) is 0 Å². The highest BCUT2D eigenvalue weighted by Gasteiger charge is 2.59. The summed E-state index contributed by atoms with van der Waals surface area (Å²) in [5, 5.41) is 4.30. The summed E-state index contributed by atoms with van der Waals surface area (Å²) in [4.78, 5) is 4.68. The number of sulfone groups is 1. The van der Waals surface area contributed by atoms with Gasteiger partial charge in [0, 0.05) is 0 Å². The third-order valence-corrected chi connectivity index (χ3v) is 7.22. The molecule has 0 N–H and O–H groups in total. The number of nitrogens with zero attached hydrogens (tertiary/aromatic N) is 3. The zero-order valence-electron chi connectivity index (χ0n) is 14.0. The first-order chi connectivity index (χ1) is 12.0. The number of rotatable bonds is 5. The van der Waals surface area contributed by atoms with E-state index in [4.69, 9.17) is 0 Å². The Morgan fingerprint density at radius 2 is 1.84 bits per heavy atom. The molecule has 1 saturated carbocycles. The minimum Gasteiger partial charge on any atom is -0.244 e. The Balaban J connectivity index is 1.73. The Labute approximate surface area is 147 Å². The molecule has 6 heteroatoms. The summed E-state index contributed by atoms with van der Waals surface area (Å²) in [7, 11) is -3.50. The van der Waals surface area contributed by atoms with Crippen LogP contribution in [0, 0.1) is 6.92 Å². The van der Waals surface area contributed by atoms with Crippen LogP contribution in [0.5, 0.6) is 0 Å². The third kappa shape index (κ3) is 2.66. The number of hydrogen-bond donors (Lipinski definition) is 0. The fourth-order valence-electron chi connectivity index (χ4n) is 3.27. The van der Waals surface area contributed by atoms with Crippen LogP contribution in [-0.2, 0) is 21.1 Å². The van der Waals surface area contributed by atoms with Gasteiger partial charge < -0.3 is 0 Å². The second-order valence-corrected chi connectivity index (χ2v) is 8.80. The third-order valence-electron chi connectivity index (χ3n) is 4.71. The smallest absolute Gasteiger partial charge is 0.191 e. The molecule has 0 saturated heterocycles. The SMILES string of the molecule is Cc1cccc(Cn2ncnc2C2(S(=O)(=O)c3ccccc3)CC2)c1. The molecule has 0 amide bonds. The van der Waals surface area contributed by atoms with Crippen molar-refractivity contribution in [2.75, 3.05) is 0 Å². The van der Waals surface area contributed by atoms with E-state index in [2.05, 4.69) is 16.1 Å². The van der Waals surface area contributed by atoms with Gasteiger partial charge in [0.1, 0.15) is 16.9 Å². The summed E-state index contributed by atoms with van der Waals surface area (Å²) in [5.41, 5.74) is 2.25. The average Bonchev–Trinajstić information content (AvgIpc) is 3.30. The topological polar surface area (TPSA) is 64.8 Å². The van der Waals surface area contributed by atoms with Crippen molar-refractivity contribution in [3.63, 3.8) is 0 Å². The Morgan fingerprint density at radius 1 is 1.08 bits per heavy atom.